The predicted molar refractivity (Wildman–Crippen MR) is 143 cm³/mol. The highest BCUT2D eigenvalue weighted by Crippen LogP contribution is 2.12. The SMILES string of the molecule is CSCCC(N)C(=O)NC(CS)C(=O)NC(Cc1ccc(O)cc1)C(=O)NC(CCCCN)C(=O)O. The van der Waals surface area contributed by atoms with E-state index in [-0.39, 0.29) is 24.3 Å². The number of phenolic OH excluding ortho intramolecular Hbond substituents is 1. The summed E-state index contributed by atoms with van der Waals surface area (Å²) in [6, 6.07) is 1.88. The molecule has 0 aromatic heterocycles. The number of aliphatic carboxylic acids is 1. The molecule has 36 heavy (non-hydrogen) atoms. The van der Waals surface area contributed by atoms with Gasteiger partial charge in [0.15, 0.2) is 0 Å². The minimum Gasteiger partial charge on any atom is -0.508 e. The maximum atomic E-state index is 13.1. The van der Waals surface area contributed by atoms with E-state index in [9.17, 15) is 29.4 Å². The maximum absolute atomic E-state index is 13.1. The number of hydrogen-bond acceptors (Lipinski definition) is 9. The highest BCUT2D eigenvalue weighted by molar-refractivity contribution is 7.98. The number of thioether (sulfide) groups is 1. The number of carboxylic acid groups (broad SMARTS) is 1. The van der Waals surface area contributed by atoms with E-state index in [1.54, 1.807) is 23.9 Å². The van der Waals surface area contributed by atoms with Gasteiger partial charge in [-0.15, -0.1) is 0 Å². The molecular formula is C23H37N5O6S2. The van der Waals surface area contributed by atoms with E-state index in [1.165, 1.54) is 12.1 Å². The van der Waals surface area contributed by atoms with E-state index in [4.69, 9.17) is 11.5 Å². The Morgan fingerprint density at radius 1 is 0.944 bits per heavy atom. The first-order valence-electron chi connectivity index (χ1n) is 11.6. The van der Waals surface area contributed by atoms with Crippen molar-refractivity contribution in [3.05, 3.63) is 29.8 Å². The lowest BCUT2D eigenvalue weighted by Crippen LogP contribution is -2.58. The van der Waals surface area contributed by atoms with Crippen LogP contribution in [0.1, 0.15) is 31.2 Å². The highest BCUT2D eigenvalue weighted by atomic mass is 32.2. The largest absolute Gasteiger partial charge is 0.508 e. The third kappa shape index (κ3) is 11.5. The van der Waals surface area contributed by atoms with Crippen molar-refractivity contribution in [1.29, 1.82) is 0 Å². The van der Waals surface area contributed by atoms with Gasteiger partial charge in [0.2, 0.25) is 17.7 Å². The molecule has 4 atom stereocenters. The Bertz CT molecular complexity index is 858. The number of thiol groups is 1. The van der Waals surface area contributed by atoms with Gasteiger partial charge in [0.25, 0.3) is 0 Å². The van der Waals surface area contributed by atoms with Crippen molar-refractivity contribution in [2.24, 2.45) is 11.5 Å². The van der Waals surface area contributed by atoms with Crippen molar-refractivity contribution in [1.82, 2.24) is 16.0 Å². The fourth-order valence-electron chi connectivity index (χ4n) is 3.22. The minimum atomic E-state index is -1.20. The van der Waals surface area contributed by atoms with E-state index in [0.29, 0.717) is 37.1 Å². The van der Waals surface area contributed by atoms with Crippen molar-refractivity contribution in [2.75, 3.05) is 24.3 Å². The van der Waals surface area contributed by atoms with E-state index >= 15 is 0 Å². The van der Waals surface area contributed by atoms with Crippen LogP contribution in [0.4, 0.5) is 0 Å². The van der Waals surface area contributed by atoms with Crippen LogP contribution >= 0.6 is 24.4 Å². The van der Waals surface area contributed by atoms with E-state index in [0.717, 1.165) is 0 Å². The highest BCUT2D eigenvalue weighted by Gasteiger charge is 2.30. The van der Waals surface area contributed by atoms with Gasteiger partial charge in [0, 0.05) is 12.2 Å². The molecule has 1 rings (SSSR count). The number of unbranched alkanes of at least 4 members (excludes halogenated alkanes) is 1. The second kappa shape index (κ2) is 17.1. The number of benzene rings is 1. The van der Waals surface area contributed by atoms with Gasteiger partial charge in [-0.05, 0) is 61.9 Å². The molecule has 13 heteroatoms. The maximum Gasteiger partial charge on any atom is 0.326 e. The number of carbonyl (C=O) groups is 4. The van der Waals surface area contributed by atoms with Crippen molar-refractivity contribution < 1.29 is 29.4 Å². The molecular weight excluding hydrogens is 506 g/mol. The zero-order valence-electron chi connectivity index (χ0n) is 20.3. The summed E-state index contributed by atoms with van der Waals surface area (Å²) in [5.41, 5.74) is 12.0. The number of aromatic hydroxyl groups is 1. The second-order valence-electron chi connectivity index (χ2n) is 8.25. The number of carbonyl (C=O) groups excluding carboxylic acids is 3. The normalized spacial score (nSPS) is 14.2. The van der Waals surface area contributed by atoms with E-state index < -0.39 is 47.9 Å². The average Bonchev–Trinajstić information content (AvgIpc) is 2.85. The molecule has 0 saturated heterocycles. The van der Waals surface area contributed by atoms with Crippen molar-refractivity contribution >= 4 is 48.1 Å². The Morgan fingerprint density at radius 2 is 1.53 bits per heavy atom. The van der Waals surface area contributed by atoms with Gasteiger partial charge in [-0.1, -0.05) is 12.1 Å². The fraction of sp³-hybridized carbons (Fsp3) is 0.565. The Hall–Kier alpha value is -2.48. The summed E-state index contributed by atoms with van der Waals surface area (Å²) in [5.74, 6) is -2.40. The summed E-state index contributed by atoms with van der Waals surface area (Å²) in [6.07, 6.45) is 3.64. The molecule has 0 heterocycles. The zero-order chi connectivity index (χ0) is 27.1. The van der Waals surface area contributed by atoms with Crippen LogP contribution in [0.3, 0.4) is 0 Å². The van der Waals surface area contributed by atoms with Gasteiger partial charge >= 0.3 is 5.97 Å². The van der Waals surface area contributed by atoms with Gasteiger partial charge < -0.3 is 37.6 Å². The first-order chi connectivity index (χ1) is 17.1. The van der Waals surface area contributed by atoms with Crippen molar-refractivity contribution in [3.8, 4) is 5.75 Å². The summed E-state index contributed by atoms with van der Waals surface area (Å²) in [4.78, 5) is 50.1. The molecule has 0 bridgehead atoms. The molecule has 1 aromatic carbocycles. The number of phenols is 1. The molecule has 0 spiro atoms. The van der Waals surface area contributed by atoms with Crippen LogP contribution in [-0.2, 0) is 25.6 Å². The number of hydrogen-bond donors (Lipinski definition) is 8. The molecule has 0 aliphatic carbocycles. The second-order valence-corrected chi connectivity index (χ2v) is 9.60. The average molecular weight is 544 g/mol. The molecule has 3 amide bonds. The third-order valence-corrected chi connectivity index (χ3v) is 6.37. The monoisotopic (exact) mass is 543 g/mol. The number of amides is 3. The first-order valence-corrected chi connectivity index (χ1v) is 13.6. The van der Waals surface area contributed by atoms with Crippen LogP contribution in [0.15, 0.2) is 24.3 Å². The smallest absolute Gasteiger partial charge is 0.326 e. The van der Waals surface area contributed by atoms with Gasteiger partial charge in [-0.2, -0.15) is 24.4 Å². The topological polar surface area (TPSA) is 197 Å². The zero-order valence-corrected chi connectivity index (χ0v) is 22.0. The summed E-state index contributed by atoms with van der Waals surface area (Å²) in [5, 5.41) is 26.7. The number of nitrogens with one attached hydrogen (secondary N) is 3. The van der Waals surface area contributed by atoms with Crippen LogP contribution < -0.4 is 27.4 Å². The lowest BCUT2D eigenvalue weighted by molar-refractivity contribution is -0.142. The van der Waals surface area contributed by atoms with Crippen LogP contribution in [0.25, 0.3) is 0 Å². The number of carboxylic acids is 1. The predicted octanol–water partition coefficient (Wildman–Crippen LogP) is -0.387. The Labute approximate surface area is 220 Å². The van der Waals surface area contributed by atoms with Crippen LogP contribution in [0.5, 0.6) is 5.75 Å². The van der Waals surface area contributed by atoms with Crippen LogP contribution in [0, 0.1) is 0 Å². The van der Waals surface area contributed by atoms with Crippen LogP contribution in [0.2, 0.25) is 0 Å². The molecule has 4 unspecified atom stereocenters. The quantitative estimate of drug-likeness (QED) is 0.0953. The standard InChI is InChI=1S/C23H37N5O6S2/c1-36-11-9-16(25)20(30)28-19(13-35)22(32)27-18(12-14-5-7-15(29)8-6-14)21(31)26-17(23(33)34)4-2-3-10-24/h5-8,16-19,29,35H,2-4,9-13,24-25H2,1H3,(H,26,31)(H,27,32)(H,28,30)(H,33,34). The molecule has 11 nitrogen and oxygen atoms in total. The Balaban J connectivity index is 3.00. The fourth-order valence-corrected chi connectivity index (χ4v) is 3.97. The molecule has 0 saturated carbocycles. The molecule has 0 radical (unpaired) electrons. The molecule has 0 fully saturated rings. The Kier molecular flexibility index (Phi) is 14.9. The van der Waals surface area contributed by atoms with Crippen molar-refractivity contribution in [3.63, 3.8) is 0 Å². The number of rotatable bonds is 17. The van der Waals surface area contributed by atoms with Gasteiger partial charge in [0.1, 0.15) is 23.9 Å². The summed E-state index contributed by atoms with van der Waals surface area (Å²) < 4.78 is 0. The lowest BCUT2D eigenvalue weighted by Gasteiger charge is -2.25. The van der Waals surface area contributed by atoms with Gasteiger partial charge in [0.05, 0.1) is 6.04 Å². The first kappa shape index (κ1) is 31.5. The molecule has 202 valence electrons. The third-order valence-electron chi connectivity index (χ3n) is 5.36. The summed E-state index contributed by atoms with van der Waals surface area (Å²) in [7, 11) is 0. The molecule has 0 aliphatic rings. The Morgan fingerprint density at radius 3 is 2.08 bits per heavy atom. The van der Waals surface area contributed by atoms with Crippen LogP contribution in [-0.4, -0.2) is 82.4 Å². The number of nitrogens with two attached hydrogens (primary N) is 2. The summed E-state index contributed by atoms with van der Waals surface area (Å²) >= 11 is 5.69. The molecule has 0 aliphatic heterocycles. The molecule has 1 aromatic rings. The van der Waals surface area contributed by atoms with Gasteiger partial charge in [-0.3, -0.25) is 14.4 Å². The van der Waals surface area contributed by atoms with E-state index in [1.807, 2.05) is 6.26 Å². The summed E-state index contributed by atoms with van der Waals surface area (Å²) in [6.45, 7) is 0.400. The molecule has 9 N–H and O–H groups in total. The minimum absolute atomic E-state index is 0.0213. The van der Waals surface area contributed by atoms with Gasteiger partial charge in [-0.25, -0.2) is 4.79 Å². The van der Waals surface area contributed by atoms with Crippen molar-refractivity contribution in [2.45, 2.75) is 56.3 Å². The van der Waals surface area contributed by atoms with E-state index in [2.05, 4.69) is 28.6 Å². The lowest BCUT2D eigenvalue weighted by atomic mass is 10.0.